The molecule has 0 bridgehead atoms. The zero-order chi connectivity index (χ0) is 22.6. The molecule has 0 spiro atoms. The van der Waals surface area contributed by atoms with Gasteiger partial charge in [-0.15, -0.1) is 0 Å². The Bertz CT molecular complexity index is 1380. The molecule has 1 unspecified atom stereocenters. The first kappa shape index (κ1) is 20.6. The molecule has 0 fully saturated rings. The Morgan fingerprint density at radius 1 is 0.939 bits per heavy atom. The third-order valence-electron chi connectivity index (χ3n) is 5.63. The van der Waals surface area contributed by atoms with Crippen LogP contribution in [0.5, 0.6) is 5.75 Å². The van der Waals surface area contributed by atoms with Crippen LogP contribution in [-0.4, -0.2) is 10.5 Å². The summed E-state index contributed by atoms with van der Waals surface area (Å²) in [6, 6.07) is 29.3. The molecule has 2 aromatic heterocycles. The van der Waals surface area contributed by atoms with Crippen LogP contribution in [0.15, 0.2) is 108 Å². The molecule has 1 atom stereocenters. The van der Waals surface area contributed by atoms with E-state index in [2.05, 4.69) is 11.4 Å². The van der Waals surface area contributed by atoms with Crippen molar-refractivity contribution in [2.75, 3.05) is 0 Å². The molecule has 0 aliphatic carbocycles. The summed E-state index contributed by atoms with van der Waals surface area (Å²) in [5.41, 5.74) is 2.06. The lowest BCUT2D eigenvalue weighted by Crippen LogP contribution is -2.26. The van der Waals surface area contributed by atoms with Gasteiger partial charge in [-0.2, -0.15) is 0 Å². The second kappa shape index (κ2) is 9.09. The largest absolute Gasteiger partial charge is 0.485 e. The molecule has 5 nitrogen and oxygen atoms in total. The molecular formula is C28H24N2O3. The molecule has 33 heavy (non-hydrogen) atoms. The smallest absolute Gasteiger partial charge is 0.287 e. The van der Waals surface area contributed by atoms with Gasteiger partial charge >= 0.3 is 0 Å². The lowest BCUT2D eigenvalue weighted by atomic mass is 10.1. The molecular weight excluding hydrogens is 412 g/mol. The van der Waals surface area contributed by atoms with E-state index in [1.807, 2.05) is 96.7 Å². The van der Waals surface area contributed by atoms with Gasteiger partial charge in [0, 0.05) is 23.5 Å². The Kier molecular flexibility index (Phi) is 5.68. The number of amides is 1. The number of nitrogens with zero attached hydrogens (tertiary/aromatic N) is 1. The van der Waals surface area contributed by atoms with Crippen molar-refractivity contribution in [3.8, 4) is 11.4 Å². The van der Waals surface area contributed by atoms with Gasteiger partial charge in [-0.3, -0.25) is 4.79 Å². The number of nitrogens with one attached hydrogen (secondary N) is 1. The van der Waals surface area contributed by atoms with E-state index >= 15 is 0 Å². The summed E-state index contributed by atoms with van der Waals surface area (Å²) in [5.74, 6) is 1.38. The van der Waals surface area contributed by atoms with E-state index in [1.54, 1.807) is 12.1 Å². The number of rotatable bonds is 7. The molecule has 3 aromatic carbocycles. The quantitative estimate of drug-likeness (QED) is 0.326. The molecule has 0 aliphatic rings. The van der Waals surface area contributed by atoms with Gasteiger partial charge in [0.2, 0.25) is 0 Å². The molecule has 5 aromatic rings. The fraction of sp³-hybridized carbons (Fsp3) is 0.107. The second-order valence-electron chi connectivity index (χ2n) is 7.91. The molecule has 2 heterocycles. The minimum Gasteiger partial charge on any atom is -0.485 e. The van der Waals surface area contributed by atoms with Gasteiger partial charge in [0.15, 0.2) is 5.76 Å². The van der Waals surface area contributed by atoms with Crippen LogP contribution in [-0.2, 0) is 6.61 Å². The number of hydrogen-bond donors (Lipinski definition) is 1. The number of ether oxygens (including phenoxy) is 1. The number of aromatic nitrogens is 1. The number of hydrogen-bond acceptors (Lipinski definition) is 3. The first-order chi connectivity index (χ1) is 16.2. The van der Waals surface area contributed by atoms with E-state index < -0.39 is 0 Å². The normalized spacial score (nSPS) is 11.9. The van der Waals surface area contributed by atoms with Crippen molar-refractivity contribution in [3.63, 3.8) is 0 Å². The number of carbonyl (C=O) groups is 1. The van der Waals surface area contributed by atoms with Crippen molar-refractivity contribution < 1.29 is 13.9 Å². The predicted octanol–water partition coefficient (Wildman–Crippen LogP) is 6.29. The third kappa shape index (κ3) is 4.53. The van der Waals surface area contributed by atoms with Crippen molar-refractivity contribution in [2.24, 2.45) is 0 Å². The monoisotopic (exact) mass is 436 g/mol. The lowest BCUT2D eigenvalue weighted by molar-refractivity contribution is 0.0907. The zero-order valence-corrected chi connectivity index (χ0v) is 18.3. The van der Waals surface area contributed by atoms with Crippen molar-refractivity contribution in [2.45, 2.75) is 19.6 Å². The molecule has 164 valence electrons. The SMILES string of the molecule is CC(NC(=O)c1ccc(COc2cccc3ccccc23)o1)c1cccc(-n2cccc2)c1. The summed E-state index contributed by atoms with van der Waals surface area (Å²) in [5, 5.41) is 5.17. The van der Waals surface area contributed by atoms with E-state index in [0.29, 0.717) is 5.76 Å². The van der Waals surface area contributed by atoms with Gasteiger partial charge < -0.3 is 19.0 Å². The van der Waals surface area contributed by atoms with Gasteiger partial charge in [-0.25, -0.2) is 0 Å². The average Bonchev–Trinajstić information content (AvgIpc) is 3.55. The Labute approximate surface area is 192 Å². The van der Waals surface area contributed by atoms with Crippen LogP contribution < -0.4 is 10.1 Å². The maximum Gasteiger partial charge on any atom is 0.287 e. The van der Waals surface area contributed by atoms with E-state index in [9.17, 15) is 4.79 Å². The highest BCUT2D eigenvalue weighted by atomic mass is 16.5. The van der Waals surface area contributed by atoms with Crippen LogP contribution in [0.3, 0.4) is 0 Å². The van der Waals surface area contributed by atoms with Crippen LogP contribution in [0, 0.1) is 0 Å². The van der Waals surface area contributed by atoms with E-state index in [4.69, 9.17) is 9.15 Å². The maximum atomic E-state index is 12.8. The highest BCUT2D eigenvalue weighted by Crippen LogP contribution is 2.26. The van der Waals surface area contributed by atoms with Crippen LogP contribution in [0.1, 0.15) is 34.8 Å². The maximum absolute atomic E-state index is 12.8. The Morgan fingerprint density at radius 2 is 1.73 bits per heavy atom. The molecule has 5 rings (SSSR count). The van der Waals surface area contributed by atoms with Crippen LogP contribution in [0.2, 0.25) is 0 Å². The molecule has 0 aliphatic heterocycles. The standard InChI is InChI=1S/C28H24N2O3/c1-20(22-10-6-11-23(18-22)30-16-4-5-17-30)29-28(31)27-15-14-24(33-27)19-32-26-13-7-9-21-8-2-3-12-25(21)26/h2-18,20H,19H2,1H3,(H,29,31). The van der Waals surface area contributed by atoms with Crippen LogP contribution in [0.25, 0.3) is 16.5 Å². The van der Waals surface area contributed by atoms with Gasteiger partial charge in [0.1, 0.15) is 18.1 Å². The summed E-state index contributed by atoms with van der Waals surface area (Å²) in [6.45, 7) is 2.20. The van der Waals surface area contributed by atoms with Gasteiger partial charge in [-0.1, -0.05) is 48.5 Å². The summed E-state index contributed by atoms with van der Waals surface area (Å²) >= 11 is 0. The highest BCUT2D eigenvalue weighted by Gasteiger charge is 2.16. The summed E-state index contributed by atoms with van der Waals surface area (Å²) in [4.78, 5) is 12.8. The fourth-order valence-electron chi connectivity index (χ4n) is 3.86. The van der Waals surface area contributed by atoms with Gasteiger partial charge in [0.25, 0.3) is 5.91 Å². The molecule has 1 N–H and O–H groups in total. The van der Waals surface area contributed by atoms with Crippen molar-refractivity contribution in [1.82, 2.24) is 9.88 Å². The number of fused-ring (bicyclic) bond motifs is 1. The van der Waals surface area contributed by atoms with Crippen molar-refractivity contribution in [3.05, 3.63) is 120 Å². The van der Waals surface area contributed by atoms with Crippen LogP contribution >= 0.6 is 0 Å². The summed E-state index contributed by atoms with van der Waals surface area (Å²) in [6.07, 6.45) is 3.99. The topological polar surface area (TPSA) is 56.4 Å². The Balaban J connectivity index is 1.23. The van der Waals surface area contributed by atoms with E-state index in [1.165, 1.54) is 0 Å². The fourth-order valence-corrected chi connectivity index (χ4v) is 3.86. The molecule has 1 amide bonds. The lowest BCUT2D eigenvalue weighted by Gasteiger charge is -2.15. The first-order valence-corrected chi connectivity index (χ1v) is 10.9. The number of carbonyl (C=O) groups excluding carboxylic acids is 1. The number of furan rings is 1. The Hall–Kier alpha value is -4.25. The average molecular weight is 437 g/mol. The van der Waals surface area contributed by atoms with E-state index in [0.717, 1.165) is 27.8 Å². The van der Waals surface area contributed by atoms with E-state index in [-0.39, 0.29) is 24.3 Å². The minimum atomic E-state index is -0.259. The highest BCUT2D eigenvalue weighted by molar-refractivity contribution is 5.91. The number of benzene rings is 3. The predicted molar refractivity (Wildman–Crippen MR) is 129 cm³/mol. The first-order valence-electron chi connectivity index (χ1n) is 10.9. The Morgan fingerprint density at radius 3 is 2.61 bits per heavy atom. The van der Waals surface area contributed by atoms with Crippen molar-refractivity contribution in [1.29, 1.82) is 0 Å². The minimum absolute atomic E-state index is 0.173. The second-order valence-corrected chi connectivity index (χ2v) is 7.91. The summed E-state index contributed by atoms with van der Waals surface area (Å²) in [7, 11) is 0. The van der Waals surface area contributed by atoms with Crippen molar-refractivity contribution >= 4 is 16.7 Å². The molecule has 0 saturated heterocycles. The molecule has 0 saturated carbocycles. The molecule has 5 heteroatoms. The molecule has 0 radical (unpaired) electrons. The van der Waals surface area contributed by atoms with Crippen LogP contribution in [0.4, 0.5) is 0 Å². The zero-order valence-electron chi connectivity index (χ0n) is 18.3. The third-order valence-corrected chi connectivity index (χ3v) is 5.63. The summed E-state index contributed by atoms with van der Waals surface area (Å²) < 4.78 is 13.8. The van der Waals surface area contributed by atoms with Gasteiger partial charge in [0.05, 0.1) is 6.04 Å². The van der Waals surface area contributed by atoms with Gasteiger partial charge in [-0.05, 0) is 60.3 Å².